The molecule has 0 radical (unpaired) electrons. The third-order valence-corrected chi connectivity index (χ3v) is 3.94. The molecule has 18 heavy (non-hydrogen) atoms. The van der Waals surface area contributed by atoms with Crippen molar-refractivity contribution < 1.29 is 4.79 Å². The van der Waals surface area contributed by atoms with E-state index in [1.54, 1.807) is 0 Å². The molecule has 2 rings (SSSR count). The van der Waals surface area contributed by atoms with Gasteiger partial charge in [0.05, 0.1) is 0 Å². The number of rotatable bonds is 5. The highest BCUT2D eigenvalue weighted by molar-refractivity contribution is 5.96. The number of carbonyl (C=O) groups is 1. The van der Waals surface area contributed by atoms with Gasteiger partial charge in [0.1, 0.15) is 0 Å². The molecule has 1 heterocycles. The van der Waals surface area contributed by atoms with Crippen molar-refractivity contribution in [2.24, 2.45) is 0 Å². The molecule has 1 aromatic rings. The van der Waals surface area contributed by atoms with Crippen molar-refractivity contribution >= 4 is 5.78 Å². The maximum absolute atomic E-state index is 12.1. The summed E-state index contributed by atoms with van der Waals surface area (Å²) in [7, 11) is 0. The second-order valence-corrected chi connectivity index (χ2v) is 5.13. The van der Waals surface area contributed by atoms with E-state index in [9.17, 15) is 4.79 Å². The molecule has 1 atom stereocenters. The molecule has 1 aliphatic heterocycles. The fourth-order valence-corrected chi connectivity index (χ4v) is 2.83. The summed E-state index contributed by atoms with van der Waals surface area (Å²) in [5, 5.41) is 0. The Labute approximate surface area is 110 Å². The average molecular weight is 245 g/mol. The number of hydrogen-bond acceptors (Lipinski definition) is 2. The Hall–Kier alpha value is -1.15. The van der Waals surface area contributed by atoms with Gasteiger partial charge in [0.15, 0.2) is 5.78 Å². The Morgan fingerprint density at radius 2 is 2.06 bits per heavy atom. The highest BCUT2D eigenvalue weighted by Crippen LogP contribution is 2.19. The van der Waals surface area contributed by atoms with Crippen LogP contribution in [-0.4, -0.2) is 29.8 Å². The number of hydrogen-bond donors (Lipinski definition) is 0. The van der Waals surface area contributed by atoms with Gasteiger partial charge in [-0.05, 0) is 25.8 Å². The minimum absolute atomic E-state index is 0.274. The third kappa shape index (κ3) is 3.42. The smallest absolute Gasteiger partial charge is 0.164 e. The fourth-order valence-electron chi connectivity index (χ4n) is 2.83. The Morgan fingerprint density at radius 3 is 2.78 bits per heavy atom. The first-order valence-corrected chi connectivity index (χ1v) is 7.13. The molecule has 1 aromatic carbocycles. The zero-order valence-corrected chi connectivity index (χ0v) is 11.3. The minimum atomic E-state index is 0.274. The summed E-state index contributed by atoms with van der Waals surface area (Å²) >= 11 is 0. The van der Waals surface area contributed by atoms with Gasteiger partial charge in [-0.2, -0.15) is 0 Å². The van der Waals surface area contributed by atoms with Crippen molar-refractivity contribution in [3.63, 3.8) is 0 Å². The van der Waals surface area contributed by atoms with Crippen LogP contribution in [0.4, 0.5) is 0 Å². The monoisotopic (exact) mass is 245 g/mol. The summed E-state index contributed by atoms with van der Waals surface area (Å²) in [6.07, 6.45) is 5.80. The van der Waals surface area contributed by atoms with Gasteiger partial charge in [0.25, 0.3) is 0 Å². The molecule has 0 aromatic heterocycles. The van der Waals surface area contributed by atoms with Crippen LogP contribution in [0.5, 0.6) is 0 Å². The van der Waals surface area contributed by atoms with Crippen LogP contribution in [0.1, 0.15) is 49.4 Å². The lowest BCUT2D eigenvalue weighted by molar-refractivity contribution is 0.0923. The van der Waals surface area contributed by atoms with E-state index in [0.717, 1.165) is 12.1 Å². The minimum Gasteiger partial charge on any atom is -0.300 e. The van der Waals surface area contributed by atoms with Gasteiger partial charge in [0.2, 0.25) is 0 Å². The predicted molar refractivity (Wildman–Crippen MR) is 74.9 cm³/mol. The van der Waals surface area contributed by atoms with Crippen molar-refractivity contribution in [1.29, 1.82) is 0 Å². The maximum Gasteiger partial charge on any atom is 0.164 e. The maximum atomic E-state index is 12.1. The number of piperidine rings is 1. The number of benzene rings is 1. The molecule has 0 aliphatic carbocycles. The summed E-state index contributed by atoms with van der Waals surface area (Å²) < 4.78 is 0. The lowest BCUT2D eigenvalue weighted by Crippen LogP contribution is -2.40. The highest BCUT2D eigenvalue weighted by Gasteiger charge is 2.21. The zero-order valence-electron chi connectivity index (χ0n) is 11.3. The van der Waals surface area contributed by atoms with Crippen molar-refractivity contribution in [2.45, 2.75) is 45.1 Å². The molecule has 1 aliphatic rings. The normalized spacial score (nSPS) is 20.8. The number of Topliss-reactive ketones (excluding diaryl/α,β-unsaturated/α-hetero) is 1. The molecule has 0 bridgehead atoms. The van der Waals surface area contributed by atoms with Crippen molar-refractivity contribution in [2.75, 3.05) is 13.1 Å². The van der Waals surface area contributed by atoms with E-state index >= 15 is 0 Å². The van der Waals surface area contributed by atoms with E-state index in [0.29, 0.717) is 12.5 Å². The summed E-state index contributed by atoms with van der Waals surface area (Å²) in [6, 6.07) is 10.3. The first kappa shape index (κ1) is 13.3. The molecule has 98 valence electrons. The van der Waals surface area contributed by atoms with Crippen LogP contribution in [0.3, 0.4) is 0 Å². The molecule has 2 heteroatoms. The number of ketones is 1. The van der Waals surface area contributed by atoms with Gasteiger partial charge in [-0.25, -0.2) is 0 Å². The van der Waals surface area contributed by atoms with Crippen molar-refractivity contribution in [3.05, 3.63) is 35.9 Å². The predicted octanol–water partition coefficient (Wildman–Crippen LogP) is 3.52. The molecular formula is C16H23NO. The van der Waals surface area contributed by atoms with Crippen LogP contribution in [-0.2, 0) is 0 Å². The summed E-state index contributed by atoms with van der Waals surface area (Å²) in [5.74, 6) is 0.274. The molecule has 1 unspecified atom stereocenters. The Kier molecular flexibility index (Phi) is 4.94. The van der Waals surface area contributed by atoms with E-state index in [1.165, 1.54) is 32.2 Å². The fraction of sp³-hybridized carbons (Fsp3) is 0.562. The number of nitrogens with zero attached hydrogens (tertiary/aromatic N) is 1. The van der Waals surface area contributed by atoms with Crippen LogP contribution in [0.25, 0.3) is 0 Å². The van der Waals surface area contributed by atoms with Gasteiger partial charge >= 0.3 is 0 Å². The molecule has 1 fully saturated rings. The van der Waals surface area contributed by atoms with E-state index in [-0.39, 0.29) is 5.78 Å². The van der Waals surface area contributed by atoms with Crippen LogP contribution >= 0.6 is 0 Å². The van der Waals surface area contributed by atoms with Gasteiger partial charge < -0.3 is 0 Å². The SMILES string of the molecule is CCC1CCCCN1CCC(=O)c1ccccc1. The van der Waals surface area contributed by atoms with Crippen LogP contribution in [0.15, 0.2) is 30.3 Å². The van der Waals surface area contributed by atoms with E-state index in [4.69, 9.17) is 0 Å². The molecule has 2 nitrogen and oxygen atoms in total. The largest absolute Gasteiger partial charge is 0.300 e. The summed E-state index contributed by atoms with van der Waals surface area (Å²) in [6.45, 7) is 4.34. The van der Waals surface area contributed by atoms with Crippen LogP contribution in [0, 0.1) is 0 Å². The van der Waals surface area contributed by atoms with Crippen LogP contribution < -0.4 is 0 Å². The van der Waals surface area contributed by atoms with Gasteiger partial charge in [0, 0.05) is 24.6 Å². The number of likely N-dealkylation sites (tertiary alicyclic amines) is 1. The second kappa shape index (κ2) is 6.69. The van der Waals surface area contributed by atoms with Gasteiger partial charge in [-0.15, -0.1) is 0 Å². The average Bonchev–Trinajstić information content (AvgIpc) is 2.46. The quantitative estimate of drug-likeness (QED) is 0.740. The number of carbonyl (C=O) groups excluding carboxylic acids is 1. The van der Waals surface area contributed by atoms with Gasteiger partial charge in [-0.1, -0.05) is 43.7 Å². The standard InChI is InChI=1S/C16H23NO/c1-2-15-10-6-7-12-17(15)13-11-16(18)14-8-4-3-5-9-14/h3-5,8-9,15H,2,6-7,10-13H2,1H3. The van der Waals surface area contributed by atoms with E-state index in [2.05, 4.69) is 11.8 Å². The van der Waals surface area contributed by atoms with E-state index in [1.807, 2.05) is 30.3 Å². The molecule has 1 saturated heterocycles. The first-order valence-electron chi connectivity index (χ1n) is 7.13. The molecule has 0 N–H and O–H groups in total. The Morgan fingerprint density at radius 1 is 1.28 bits per heavy atom. The lowest BCUT2D eigenvalue weighted by atomic mass is 9.99. The molecule has 0 spiro atoms. The first-order chi connectivity index (χ1) is 8.81. The highest BCUT2D eigenvalue weighted by atomic mass is 16.1. The van der Waals surface area contributed by atoms with Crippen molar-refractivity contribution in [1.82, 2.24) is 4.90 Å². The second-order valence-electron chi connectivity index (χ2n) is 5.13. The van der Waals surface area contributed by atoms with E-state index < -0.39 is 0 Å². The van der Waals surface area contributed by atoms with Gasteiger partial charge in [-0.3, -0.25) is 9.69 Å². The molecule has 0 saturated carbocycles. The Balaban J connectivity index is 1.85. The Bertz CT molecular complexity index is 374. The zero-order chi connectivity index (χ0) is 12.8. The molecule has 0 amide bonds. The summed E-state index contributed by atoms with van der Waals surface area (Å²) in [4.78, 5) is 14.6. The topological polar surface area (TPSA) is 20.3 Å². The lowest BCUT2D eigenvalue weighted by Gasteiger charge is -2.35. The third-order valence-electron chi connectivity index (χ3n) is 3.94. The van der Waals surface area contributed by atoms with Crippen molar-refractivity contribution in [3.8, 4) is 0 Å². The van der Waals surface area contributed by atoms with Crippen LogP contribution in [0.2, 0.25) is 0 Å². The molecular weight excluding hydrogens is 222 g/mol. The summed E-state index contributed by atoms with van der Waals surface area (Å²) in [5.41, 5.74) is 0.850.